The largest absolute Gasteiger partial charge is 0.368 e. The minimum atomic E-state index is 0.144. The molecular weight excluding hydrogens is 180 g/mol. The summed E-state index contributed by atoms with van der Waals surface area (Å²) in [6.07, 6.45) is 1.68. The van der Waals surface area contributed by atoms with Gasteiger partial charge in [-0.1, -0.05) is 0 Å². The van der Waals surface area contributed by atoms with E-state index in [9.17, 15) is 0 Å². The molecule has 0 atom stereocenters. The molecule has 0 spiro atoms. The van der Waals surface area contributed by atoms with Crippen LogP contribution in [0.15, 0.2) is 18.3 Å². The molecule has 6 nitrogen and oxygen atoms in total. The first kappa shape index (κ1) is 8.49. The molecule has 2 aromatic heterocycles. The van der Waals surface area contributed by atoms with E-state index in [-0.39, 0.29) is 11.9 Å². The van der Waals surface area contributed by atoms with Gasteiger partial charge in [0.25, 0.3) is 0 Å². The average molecular weight is 190 g/mol. The minimum absolute atomic E-state index is 0.144. The Morgan fingerprint density at radius 3 is 2.71 bits per heavy atom. The number of rotatable bonds is 1. The van der Waals surface area contributed by atoms with Crippen LogP contribution in [0.2, 0.25) is 0 Å². The number of anilines is 2. The predicted octanol–water partition coefficient (Wildman–Crippen LogP) is 0.135. The van der Waals surface area contributed by atoms with E-state index in [2.05, 4.69) is 15.1 Å². The Kier molecular flexibility index (Phi) is 1.81. The van der Waals surface area contributed by atoms with Crippen LogP contribution in [0, 0.1) is 6.92 Å². The summed E-state index contributed by atoms with van der Waals surface area (Å²) in [7, 11) is 0. The van der Waals surface area contributed by atoms with Crippen LogP contribution in [0.3, 0.4) is 0 Å². The van der Waals surface area contributed by atoms with Crippen molar-refractivity contribution in [3.63, 3.8) is 0 Å². The van der Waals surface area contributed by atoms with Gasteiger partial charge in [0.1, 0.15) is 0 Å². The lowest BCUT2D eigenvalue weighted by Crippen LogP contribution is -2.04. The number of hydrogen-bond donors (Lipinski definition) is 2. The van der Waals surface area contributed by atoms with Crippen molar-refractivity contribution in [3.8, 4) is 5.82 Å². The molecule has 0 aliphatic rings. The van der Waals surface area contributed by atoms with Crippen molar-refractivity contribution >= 4 is 11.9 Å². The molecule has 72 valence electrons. The second-order valence-corrected chi connectivity index (χ2v) is 2.93. The summed E-state index contributed by atoms with van der Waals surface area (Å²) in [6, 6.07) is 3.74. The van der Waals surface area contributed by atoms with Crippen LogP contribution < -0.4 is 11.5 Å². The zero-order chi connectivity index (χ0) is 10.1. The third kappa shape index (κ3) is 1.37. The van der Waals surface area contributed by atoms with Gasteiger partial charge < -0.3 is 11.5 Å². The standard InChI is InChI=1S/C8H10N6/c1-5-2-3-11-6(4-5)14-8(10)12-7(9)13-14/h2-4H,1H3,(H4,9,10,12,13). The maximum atomic E-state index is 5.59. The lowest BCUT2D eigenvalue weighted by atomic mass is 10.3. The van der Waals surface area contributed by atoms with Crippen LogP contribution >= 0.6 is 0 Å². The van der Waals surface area contributed by atoms with Crippen LogP contribution in [-0.2, 0) is 0 Å². The first-order valence-electron chi connectivity index (χ1n) is 4.08. The van der Waals surface area contributed by atoms with Gasteiger partial charge in [0, 0.05) is 6.20 Å². The van der Waals surface area contributed by atoms with Gasteiger partial charge in [-0.2, -0.15) is 9.67 Å². The maximum Gasteiger partial charge on any atom is 0.241 e. The molecule has 0 unspecified atom stereocenters. The zero-order valence-electron chi connectivity index (χ0n) is 7.68. The van der Waals surface area contributed by atoms with E-state index >= 15 is 0 Å². The summed E-state index contributed by atoms with van der Waals surface area (Å²) in [6.45, 7) is 1.96. The molecule has 0 fully saturated rings. The number of nitrogens with zero attached hydrogens (tertiary/aromatic N) is 4. The van der Waals surface area contributed by atoms with E-state index in [1.54, 1.807) is 6.20 Å². The van der Waals surface area contributed by atoms with Crippen molar-refractivity contribution in [2.45, 2.75) is 6.92 Å². The van der Waals surface area contributed by atoms with E-state index in [4.69, 9.17) is 11.5 Å². The highest BCUT2D eigenvalue weighted by atomic mass is 15.4. The van der Waals surface area contributed by atoms with Gasteiger partial charge in [0.05, 0.1) is 0 Å². The van der Waals surface area contributed by atoms with Gasteiger partial charge in [0.15, 0.2) is 5.82 Å². The molecule has 0 radical (unpaired) electrons. The van der Waals surface area contributed by atoms with Gasteiger partial charge in [-0.15, -0.1) is 5.10 Å². The highest BCUT2D eigenvalue weighted by Gasteiger charge is 2.06. The highest BCUT2D eigenvalue weighted by molar-refractivity contribution is 5.37. The second kappa shape index (κ2) is 2.99. The molecule has 2 aromatic rings. The Balaban J connectivity index is 2.54. The zero-order valence-corrected chi connectivity index (χ0v) is 7.68. The summed E-state index contributed by atoms with van der Waals surface area (Å²) in [5, 5.41) is 3.92. The molecule has 4 N–H and O–H groups in total. The minimum Gasteiger partial charge on any atom is -0.368 e. The molecule has 0 aliphatic carbocycles. The molecule has 0 saturated carbocycles. The topological polar surface area (TPSA) is 95.6 Å². The lowest BCUT2D eigenvalue weighted by molar-refractivity contribution is 0.858. The average Bonchev–Trinajstić information content (AvgIpc) is 2.45. The molecule has 0 aliphatic heterocycles. The fourth-order valence-corrected chi connectivity index (χ4v) is 1.15. The molecule has 14 heavy (non-hydrogen) atoms. The molecule has 0 amide bonds. The van der Waals surface area contributed by atoms with E-state index < -0.39 is 0 Å². The van der Waals surface area contributed by atoms with E-state index in [1.165, 1.54) is 4.68 Å². The maximum absolute atomic E-state index is 5.59. The fraction of sp³-hybridized carbons (Fsp3) is 0.125. The van der Waals surface area contributed by atoms with E-state index in [1.807, 2.05) is 19.1 Å². The van der Waals surface area contributed by atoms with Crippen molar-refractivity contribution in [1.82, 2.24) is 19.7 Å². The molecule has 0 saturated heterocycles. The van der Waals surface area contributed by atoms with Crippen molar-refractivity contribution in [3.05, 3.63) is 23.9 Å². The Labute approximate surface area is 80.6 Å². The number of aromatic nitrogens is 4. The molecule has 0 aromatic carbocycles. The molecule has 6 heteroatoms. The predicted molar refractivity (Wildman–Crippen MR) is 52.7 cm³/mol. The first-order valence-corrected chi connectivity index (χ1v) is 4.08. The number of nitrogens with two attached hydrogens (primary N) is 2. The van der Waals surface area contributed by atoms with Crippen LogP contribution in [0.5, 0.6) is 0 Å². The second-order valence-electron chi connectivity index (χ2n) is 2.93. The van der Waals surface area contributed by atoms with Gasteiger partial charge in [0.2, 0.25) is 11.9 Å². The normalized spacial score (nSPS) is 10.4. The van der Waals surface area contributed by atoms with Crippen molar-refractivity contribution < 1.29 is 0 Å². The summed E-state index contributed by atoms with van der Waals surface area (Å²) in [5.74, 6) is 0.998. The monoisotopic (exact) mass is 190 g/mol. The van der Waals surface area contributed by atoms with Gasteiger partial charge in [-0.25, -0.2) is 4.98 Å². The summed E-state index contributed by atoms with van der Waals surface area (Å²) < 4.78 is 1.41. The van der Waals surface area contributed by atoms with Crippen LogP contribution in [0.25, 0.3) is 5.82 Å². The summed E-state index contributed by atoms with van der Waals surface area (Å²) >= 11 is 0. The summed E-state index contributed by atoms with van der Waals surface area (Å²) in [4.78, 5) is 7.89. The molecule has 0 bridgehead atoms. The van der Waals surface area contributed by atoms with E-state index in [0.717, 1.165) is 5.56 Å². The number of hydrogen-bond acceptors (Lipinski definition) is 5. The Bertz CT molecular complexity index is 461. The van der Waals surface area contributed by atoms with Gasteiger partial charge in [-0.05, 0) is 24.6 Å². The van der Waals surface area contributed by atoms with Gasteiger partial charge >= 0.3 is 0 Å². The molecule has 2 heterocycles. The van der Waals surface area contributed by atoms with Gasteiger partial charge in [-0.3, -0.25) is 0 Å². The number of pyridine rings is 1. The number of nitrogen functional groups attached to an aromatic ring is 2. The quantitative estimate of drug-likeness (QED) is 0.666. The molecule has 2 rings (SSSR count). The Morgan fingerprint density at radius 2 is 2.14 bits per heavy atom. The Morgan fingerprint density at radius 1 is 1.36 bits per heavy atom. The van der Waals surface area contributed by atoms with Crippen LogP contribution in [0.1, 0.15) is 5.56 Å². The highest BCUT2D eigenvalue weighted by Crippen LogP contribution is 2.10. The molecular formula is C8H10N6. The third-order valence-corrected chi connectivity index (χ3v) is 1.77. The third-order valence-electron chi connectivity index (χ3n) is 1.77. The van der Waals surface area contributed by atoms with Crippen molar-refractivity contribution in [2.24, 2.45) is 0 Å². The SMILES string of the molecule is Cc1ccnc(-n2nc(N)nc2N)c1. The van der Waals surface area contributed by atoms with Crippen molar-refractivity contribution in [1.29, 1.82) is 0 Å². The Hall–Kier alpha value is -2.11. The van der Waals surface area contributed by atoms with E-state index in [0.29, 0.717) is 5.82 Å². The fourth-order valence-electron chi connectivity index (χ4n) is 1.15. The van der Waals surface area contributed by atoms with Crippen LogP contribution in [-0.4, -0.2) is 19.7 Å². The lowest BCUT2D eigenvalue weighted by Gasteiger charge is -2.01. The van der Waals surface area contributed by atoms with Crippen molar-refractivity contribution in [2.75, 3.05) is 11.5 Å². The number of aryl methyl sites for hydroxylation is 1. The summed E-state index contributed by atoms with van der Waals surface area (Å²) in [5.41, 5.74) is 12.1. The smallest absolute Gasteiger partial charge is 0.241 e. The first-order chi connectivity index (χ1) is 6.66. The van der Waals surface area contributed by atoms with Crippen LogP contribution in [0.4, 0.5) is 11.9 Å².